The van der Waals surface area contributed by atoms with Gasteiger partial charge in [0.25, 0.3) is 0 Å². The third-order valence-electron chi connectivity index (χ3n) is 5.84. The number of aromatic hydroxyl groups is 1. The number of ether oxygens (including phenoxy) is 1. The second-order valence-electron chi connectivity index (χ2n) is 7.39. The zero-order chi connectivity index (χ0) is 17.7. The standard InChI is InChI=1S/C20H30N2O3/c1-25-14-13-22-11-4-8-20(22)7-3-10-21(12-9-20)19(24)16-17-5-2-6-18(23)15-17/h2,5-6,15,23H,3-4,7-14,16H2,1H3/t20-/m1/s1. The van der Waals surface area contributed by atoms with E-state index in [1.807, 2.05) is 11.0 Å². The van der Waals surface area contributed by atoms with E-state index in [1.54, 1.807) is 25.3 Å². The molecule has 2 heterocycles. The van der Waals surface area contributed by atoms with Crippen molar-refractivity contribution in [1.82, 2.24) is 9.80 Å². The summed E-state index contributed by atoms with van der Waals surface area (Å²) in [5.74, 6) is 0.393. The first-order valence-corrected chi connectivity index (χ1v) is 9.43. The molecule has 1 amide bonds. The maximum atomic E-state index is 12.7. The average molecular weight is 346 g/mol. The fraction of sp³-hybridized carbons (Fsp3) is 0.650. The Balaban J connectivity index is 1.60. The van der Waals surface area contributed by atoms with Crippen LogP contribution in [0.1, 0.15) is 37.7 Å². The first-order valence-electron chi connectivity index (χ1n) is 9.43. The van der Waals surface area contributed by atoms with E-state index in [0.717, 1.165) is 51.2 Å². The molecule has 1 spiro atoms. The average Bonchev–Trinajstić information content (AvgIpc) is 2.84. The largest absolute Gasteiger partial charge is 0.508 e. The number of amides is 1. The van der Waals surface area contributed by atoms with Crippen LogP contribution in [-0.4, -0.2) is 66.2 Å². The van der Waals surface area contributed by atoms with Gasteiger partial charge < -0.3 is 14.7 Å². The van der Waals surface area contributed by atoms with Crippen LogP contribution < -0.4 is 0 Å². The lowest BCUT2D eigenvalue weighted by Crippen LogP contribution is -2.46. The number of carbonyl (C=O) groups is 1. The van der Waals surface area contributed by atoms with Gasteiger partial charge in [-0.3, -0.25) is 9.69 Å². The van der Waals surface area contributed by atoms with Crippen molar-refractivity contribution < 1.29 is 14.6 Å². The molecule has 0 bridgehead atoms. The van der Waals surface area contributed by atoms with Crippen molar-refractivity contribution in [2.45, 2.75) is 44.1 Å². The number of methoxy groups -OCH3 is 1. The van der Waals surface area contributed by atoms with E-state index in [2.05, 4.69) is 4.90 Å². The highest BCUT2D eigenvalue weighted by Gasteiger charge is 2.41. The van der Waals surface area contributed by atoms with E-state index >= 15 is 0 Å². The number of phenols is 1. The number of hydrogen-bond donors (Lipinski definition) is 1. The number of benzene rings is 1. The molecular weight excluding hydrogens is 316 g/mol. The third-order valence-corrected chi connectivity index (χ3v) is 5.84. The Hall–Kier alpha value is -1.59. The predicted molar refractivity (Wildman–Crippen MR) is 97.7 cm³/mol. The van der Waals surface area contributed by atoms with Crippen molar-refractivity contribution in [1.29, 1.82) is 0 Å². The Labute approximate surface area is 150 Å². The number of likely N-dealkylation sites (tertiary alicyclic amines) is 2. The monoisotopic (exact) mass is 346 g/mol. The fourth-order valence-electron chi connectivity index (χ4n) is 4.49. The molecule has 5 heteroatoms. The van der Waals surface area contributed by atoms with Crippen molar-refractivity contribution in [3.05, 3.63) is 29.8 Å². The molecule has 5 nitrogen and oxygen atoms in total. The minimum Gasteiger partial charge on any atom is -0.508 e. The van der Waals surface area contributed by atoms with Gasteiger partial charge in [-0.1, -0.05) is 12.1 Å². The van der Waals surface area contributed by atoms with Gasteiger partial charge in [0.1, 0.15) is 5.75 Å². The summed E-state index contributed by atoms with van der Waals surface area (Å²) < 4.78 is 5.28. The zero-order valence-corrected chi connectivity index (χ0v) is 15.2. The predicted octanol–water partition coefficient (Wildman–Crippen LogP) is 2.43. The summed E-state index contributed by atoms with van der Waals surface area (Å²) in [5, 5.41) is 9.58. The molecule has 1 aromatic carbocycles. The number of rotatable bonds is 5. The normalized spacial score (nSPS) is 24.6. The molecule has 138 valence electrons. The highest BCUT2D eigenvalue weighted by Crippen LogP contribution is 2.38. The zero-order valence-electron chi connectivity index (χ0n) is 15.2. The summed E-state index contributed by atoms with van der Waals surface area (Å²) >= 11 is 0. The van der Waals surface area contributed by atoms with E-state index < -0.39 is 0 Å². The topological polar surface area (TPSA) is 53.0 Å². The van der Waals surface area contributed by atoms with Gasteiger partial charge in [0.05, 0.1) is 13.0 Å². The summed E-state index contributed by atoms with van der Waals surface area (Å²) in [7, 11) is 1.76. The lowest BCUT2D eigenvalue weighted by atomic mass is 9.88. The minimum absolute atomic E-state index is 0.170. The molecule has 0 unspecified atom stereocenters. The van der Waals surface area contributed by atoms with Gasteiger partial charge in [-0.25, -0.2) is 0 Å². The Kier molecular flexibility index (Phi) is 5.97. The summed E-state index contributed by atoms with van der Waals surface area (Å²) in [4.78, 5) is 17.3. The Morgan fingerprint density at radius 2 is 2.00 bits per heavy atom. The van der Waals surface area contributed by atoms with Crippen molar-refractivity contribution in [3.63, 3.8) is 0 Å². The van der Waals surface area contributed by atoms with E-state index in [-0.39, 0.29) is 17.2 Å². The lowest BCUT2D eigenvalue weighted by Gasteiger charge is -2.38. The molecule has 0 aliphatic carbocycles. The molecule has 2 aliphatic heterocycles. The number of hydrogen-bond acceptors (Lipinski definition) is 4. The summed E-state index contributed by atoms with van der Waals surface area (Å²) in [5.41, 5.74) is 1.14. The Bertz CT molecular complexity index is 592. The number of nitrogens with zero attached hydrogens (tertiary/aromatic N) is 2. The van der Waals surface area contributed by atoms with Crippen LogP contribution >= 0.6 is 0 Å². The van der Waals surface area contributed by atoms with E-state index in [9.17, 15) is 9.90 Å². The van der Waals surface area contributed by atoms with Gasteiger partial charge in [0.2, 0.25) is 5.91 Å². The van der Waals surface area contributed by atoms with E-state index in [1.165, 1.54) is 19.3 Å². The molecule has 0 aromatic heterocycles. The van der Waals surface area contributed by atoms with Crippen molar-refractivity contribution in [3.8, 4) is 5.75 Å². The minimum atomic E-state index is 0.170. The van der Waals surface area contributed by atoms with Crippen LogP contribution in [0.25, 0.3) is 0 Å². The van der Waals surface area contributed by atoms with Crippen LogP contribution in [0.5, 0.6) is 5.75 Å². The Morgan fingerprint density at radius 1 is 1.20 bits per heavy atom. The van der Waals surface area contributed by atoms with Crippen LogP contribution in [0, 0.1) is 0 Å². The van der Waals surface area contributed by atoms with Gasteiger partial charge >= 0.3 is 0 Å². The first-order chi connectivity index (χ1) is 12.1. The summed E-state index contributed by atoms with van der Waals surface area (Å²) in [6, 6.07) is 7.01. The van der Waals surface area contributed by atoms with Gasteiger partial charge in [-0.2, -0.15) is 0 Å². The van der Waals surface area contributed by atoms with E-state index in [0.29, 0.717) is 6.42 Å². The van der Waals surface area contributed by atoms with Gasteiger partial charge in [-0.05, 0) is 56.3 Å². The molecule has 3 rings (SSSR count). The molecule has 2 fully saturated rings. The highest BCUT2D eigenvalue weighted by atomic mass is 16.5. The molecule has 25 heavy (non-hydrogen) atoms. The SMILES string of the molecule is COCCN1CCC[C@@]12CCCN(C(=O)Cc1cccc(O)c1)CC2. The second kappa shape index (κ2) is 8.19. The van der Waals surface area contributed by atoms with Gasteiger partial charge in [-0.15, -0.1) is 0 Å². The van der Waals surface area contributed by atoms with Crippen molar-refractivity contribution in [2.24, 2.45) is 0 Å². The Morgan fingerprint density at radius 3 is 2.76 bits per heavy atom. The number of phenolic OH excluding ortho intramolecular Hbond substituents is 1. The van der Waals surface area contributed by atoms with Gasteiger partial charge in [0, 0.05) is 32.3 Å². The van der Waals surface area contributed by atoms with Crippen LogP contribution in [-0.2, 0) is 16.0 Å². The van der Waals surface area contributed by atoms with Crippen LogP contribution in [0.3, 0.4) is 0 Å². The van der Waals surface area contributed by atoms with Gasteiger partial charge in [0.15, 0.2) is 0 Å². The molecule has 0 radical (unpaired) electrons. The van der Waals surface area contributed by atoms with E-state index in [4.69, 9.17) is 4.74 Å². The second-order valence-corrected chi connectivity index (χ2v) is 7.39. The third kappa shape index (κ3) is 4.33. The first kappa shape index (κ1) is 18.2. The smallest absolute Gasteiger partial charge is 0.226 e. The molecule has 0 saturated carbocycles. The van der Waals surface area contributed by atoms with Crippen LogP contribution in [0.4, 0.5) is 0 Å². The van der Waals surface area contributed by atoms with Crippen molar-refractivity contribution >= 4 is 5.91 Å². The maximum absolute atomic E-state index is 12.7. The molecule has 1 aromatic rings. The fourth-order valence-corrected chi connectivity index (χ4v) is 4.49. The molecule has 1 atom stereocenters. The molecule has 1 N–H and O–H groups in total. The maximum Gasteiger partial charge on any atom is 0.226 e. The lowest BCUT2D eigenvalue weighted by molar-refractivity contribution is -0.130. The summed E-state index contributed by atoms with van der Waals surface area (Å²) in [6.07, 6.45) is 6.16. The number of carbonyl (C=O) groups excluding carboxylic acids is 1. The molecular formula is C20H30N2O3. The molecule has 2 aliphatic rings. The highest BCUT2D eigenvalue weighted by molar-refractivity contribution is 5.79. The van der Waals surface area contributed by atoms with Crippen LogP contribution in [0.2, 0.25) is 0 Å². The quantitative estimate of drug-likeness (QED) is 0.890. The van der Waals surface area contributed by atoms with Crippen molar-refractivity contribution in [2.75, 3.05) is 39.9 Å². The summed E-state index contributed by atoms with van der Waals surface area (Å²) in [6.45, 7) is 4.61. The molecule has 2 saturated heterocycles. The van der Waals surface area contributed by atoms with Crippen LogP contribution in [0.15, 0.2) is 24.3 Å².